The molecule has 3 rings (SSSR count). The fourth-order valence-electron chi connectivity index (χ4n) is 3.65. The van der Waals surface area contributed by atoms with E-state index in [9.17, 15) is 4.79 Å². The number of carbonyl (C=O) groups excluding carboxylic acids is 1. The number of amides is 1. The number of aromatic nitrogens is 1. The predicted molar refractivity (Wildman–Crippen MR) is 130 cm³/mol. The number of benzene rings is 1. The lowest BCUT2D eigenvalue weighted by atomic mass is 10.1. The highest BCUT2D eigenvalue weighted by Crippen LogP contribution is 2.15. The van der Waals surface area contributed by atoms with Crippen LogP contribution in [-0.4, -0.2) is 80.5 Å². The fourth-order valence-corrected chi connectivity index (χ4v) is 3.65. The van der Waals surface area contributed by atoms with Gasteiger partial charge in [-0.25, -0.2) is 4.98 Å². The SMILES string of the molecule is CCN1CCN(c2cc(CNC(=NC)NCc3ccc(C(=O)N(C)C)cc3)ccn2)CC1. The van der Waals surface area contributed by atoms with Crippen molar-refractivity contribution < 1.29 is 4.79 Å². The van der Waals surface area contributed by atoms with Crippen LogP contribution in [0.2, 0.25) is 0 Å². The molecule has 0 bridgehead atoms. The molecule has 1 aromatic heterocycles. The molecule has 32 heavy (non-hydrogen) atoms. The molecule has 8 nitrogen and oxygen atoms in total. The van der Waals surface area contributed by atoms with E-state index in [0.717, 1.165) is 50.1 Å². The van der Waals surface area contributed by atoms with Gasteiger partial charge in [-0.15, -0.1) is 0 Å². The van der Waals surface area contributed by atoms with E-state index in [4.69, 9.17) is 0 Å². The number of nitrogens with zero attached hydrogens (tertiary/aromatic N) is 5. The molecule has 0 unspecified atom stereocenters. The number of nitrogens with one attached hydrogen (secondary N) is 2. The molecule has 172 valence electrons. The van der Waals surface area contributed by atoms with E-state index in [1.165, 1.54) is 5.56 Å². The minimum Gasteiger partial charge on any atom is -0.354 e. The van der Waals surface area contributed by atoms with Gasteiger partial charge in [0.15, 0.2) is 5.96 Å². The van der Waals surface area contributed by atoms with Crippen LogP contribution in [0.15, 0.2) is 47.6 Å². The molecule has 0 aliphatic carbocycles. The van der Waals surface area contributed by atoms with E-state index in [-0.39, 0.29) is 5.91 Å². The quantitative estimate of drug-likeness (QED) is 0.508. The van der Waals surface area contributed by atoms with Gasteiger partial charge >= 0.3 is 0 Å². The first-order valence-electron chi connectivity index (χ1n) is 11.2. The first kappa shape index (κ1) is 23.5. The minimum atomic E-state index is 0.00551. The van der Waals surface area contributed by atoms with Gasteiger partial charge in [-0.2, -0.15) is 0 Å². The average molecular weight is 438 g/mol. The lowest BCUT2D eigenvalue weighted by Gasteiger charge is -2.34. The lowest BCUT2D eigenvalue weighted by molar-refractivity contribution is 0.0827. The smallest absolute Gasteiger partial charge is 0.253 e. The monoisotopic (exact) mass is 437 g/mol. The third-order valence-electron chi connectivity index (χ3n) is 5.70. The maximum Gasteiger partial charge on any atom is 0.253 e. The molecule has 0 atom stereocenters. The Bertz CT molecular complexity index is 903. The molecular formula is C24H35N7O. The van der Waals surface area contributed by atoms with Crippen LogP contribution in [-0.2, 0) is 13.1 Å². The molecule has 1 saturated heterocycles. The summed E-state index contributed by atoms with van der Waals surface area (Å²) >= 11 is 0. The molecule has 1 amide bonds. The Morgan fingerprint density at radius 3 is 2.28 bits per heavy atom. The van der Waals surface area contributed by atoms with Gasteiger partial charge in [0.1, 0.15) is 5.82 Å². The summed E-state index contributed by atoms with van der Waals surface area (Å²) < 4.78 is 0. The summed E-state index contributed by atoms with van der Waals surface area (Å²) in [6.07, 6.45) is 1.88. The molecule has 0 saturated carbocycles. The van der Waals surface area contributed by atoms with Crippen molar-refractivity contribution in [3.8, 4) is 0 Å². The Hall–Kier alpha value is -3.13. The van der Waals surface area contributed by atoms with Gasteiger partial charge in [-0.1, -0.05) is 19.1 Å². The van der Waals surface area contributed by atoms with E-state index in [1.807, 2.05) is 36.5 Å². The number of hydrogen-bond acceptors (Lipinski definition) is 5. The molecule has 8 heteroatoms. The summed E-state index contributed by atoms with van der Waals surface area (Å²) in [5, 5.41) is 6.70. The largest absolute Gasteiger partial charge is 0.354 e. The summed E-state index contributed by atoms with van der Waals surface area (Å²) in [5.74, 6) is 1.77. The zero-order valence-electron chi connectivity index (χ0n) is 19.6. The number of likely N-dealkylation sites (N-methyl/N-ethyl adjacent to an activating group) is 1. The van der Waals surface area contributed by atoms with Gasteiger partial charge in [0.2, 0.25) is 0 Å². The Morgan fingerprint density at radius 1 is 1.03 bits per heavy atom. The van der Waals surface area contributed by atoms with Gasteiger partial charge in [-0.05, 0) is 41.9 Å². The van der Waals surface area contributed by atoms with Crippen molar-refractivity contribution in [1.82, 2.24) is 25.4 Å². The molecule has 2 heterocycles. The van der Waals surface area contributed by atoms with E-state index in [2.05, 4.69) is 43.4 Å². The average Bonchev–Trinajstić information content (AvgIpc) is 2.84. The van der Waals surface area contributed by atoms with Crippen LogP contribution < -0.4 is 15.5 Å². The maximum absolute atomic E-state index is 12.0. The van der Waals surface area contributed by atoms with Gasteiger partial charge < -0.3 is 25.3 Å². The number of aliphatic imine (C=N–C) groups is 1. The van der Waals surface area contributed by atoms with E-state index >= 15 is 0 Å². The Labute approximate surface area is 191 Å². The van der Waals surface area contributed by atoms with Crippen molar-refractivity contribution in [2.24, 2.45) is 4.99 Å². The molecule has 1 aromatic carbocycles. The maximum atomic E-state index is 12.0. The zero-order chi connectivity index (χ0) is 22.9. The number of rotatable bonds is 7. The van der Waals surface area contributed by atoms with Gasteiger partial charge in [0, 0.05) is 72.2 Å². The number of pyridine rings is 1. The van der Waals surface area contributed by atoms with Crippen LogP contribution >= 0.6 is 0 Å². The summed E-state index contributed by atoms with van der Waals surface area (Å²) in [6.45, 7) is 8.81. The van der Waals surface area contributed by atoms with Crippen LogP contribution in [0.3, 0.4) is 0 Å². The third-order valence-corrected chi connectivity index (χ3v) is 5.70. The normalized spacial score (nSPS) is 14.9. The van der Waals surface area contributed by atoms with E-state index in [0.29, 0.717) is 18.7 Å². The molecule has 0 spiro atoms. The highest BCUT2D eigenvalue weighted by atomic mass is 16.2. The number of guanidine groups is 1. The molecule has 2 aromatic rings. The van der Waals surface area contributed by atoms with Crippen LogP contribution in [0.25, 0.3) is 0 Å². The second-order valence-corrected chi connectivity index (χ2v) is 8.12. The van der Waals surface area contributed by atoms with Gasteiger partial charge in [0.05, 0.1) is 0 Å². The number of anilines is 1. The van der Waals surface area contributed by atoms with Crippen LogP contribution in [0.4, 0.5) is 5.82 Å². The van der Waals surface area contributed by atoms with Crippen LogP contribution in [0.5, 0.6) is 0 Å². The van der Waals surface area contributed by atoms with E-state index < -0.39 is 0 Å². The topological polar surface area (TPSA) is 76.1 Å². The summed E-state index contributed by atoms with van der Waals surface area (Å²) in [6, 6.07) is 11.8. The highest BCUT2D eigenvalue weighted by molar-refractivity contribution is 5.93. The van der Waals surface area contributed by atoms with Gasteiger partial charge in [-0.3, -0.25) is 9.79 Å². The second-order valence-electron chi connectivity index (χ2n) is 8.12. The number of hydrogen-bond donors (Lipinski definition) is 2. The van der Waals surface area contributed by atoms with Crippen molar-refractivity contribution in [2.75, 3.05) is 58.8 Å². The minimum absolute atomic E-state index is 0.00551. The fraction of sp³-hybridized carbons (Fsp3) is 0.458. The van der Waals surface area contributed by atoms with Crippen LogP contribution in [0.1, 0.15) is 28.4 Å². The molecule has 1 fully saturated rings. The lowest BCUT2D eigenvalue weighted by Crippen LogP contribution is -2.46. The predicted octanol–water partition coefficient (Wildman–Crippen LogP) is 1.79. The highest BCUT2D eigenvalue weighted by Gasteiger charge is 2.16. The Balaban J connectivity index is 1.50. The number of carbonyl (C=O) groups is 1. The summed E-state index contributed by atoms with van der Waals surface area (Å²) in [5.41, 5.74) is 2.94. The van der Waals surface area contributed by atoms with Crippen molar-refractivity contribution in [2.45, 2.75) is 20.0 Å². The molecular weight excluding hydrogens is 402 g/mol. The van der Waals surface area contributed by atoms with Crippen molar-refractivity contribution in [1.29, 1.82) is 0 Å². The first-order chi connectivity index (χ1) is 15.5. The molecule has 1 aliphatic heterocycles. The number of piperazine rings is 1. The summed E-state index contributed by atoms with van der Waals surface area (Å²) in [7, 11) is 5.27. The van der Waals surface area contributed by atoms with Crippen molar-refractivity contribution in [3.63, 3.8) is 0 Å². The molecule has 1 aliphatic rings. The second kappa shape index (κ2) is 11.5. The summed E-state index contributed by atoms with van der Waals surface area (Å²) in [4.78, 5) is 27.3. The standard InChI is InChI=1S/C24H35N7O/c1-5-30-12-14-31(15-13-30)22-16-20(10-11-26-22)18-28-24(25-2)27-17-19-6-8-21(9-7-19)23(32)29(3)4/h6-11,16H,5,12-15,17-18H2,1-4H3,(H2,25,27,28). The van der Waals surface area contributed by atoms with E-state index in [1.54, 1.807) is 26.0 Å². The van der Waals surface area contributed by atoms with Crippen molar-refractivity contribution in [3.05, 3.63) is 59.3 Å². The third kappa shape index (κ3) is 6.43. The molecule has 0 radical (unpaired) electrons. The Morgan fingerprint density at radius 2 is 1.69 bits per heavy atom. The van der Waals surface area contributed by atoms with Crippen molar-refractivity contribution >= 4 is 17.7 Å². The Kier molecular flexibility index (Phi) is 8.44. The molecule has 2 N–H and O–H groups in total. The zero-order valence-corrected chi connectivity index (χ0v) is 19.6. The van der Waals surface area contributed by atoms with Gasteiger partial charge in [0.25, 0.3) is 5.91 Å². The first-order valence-corrected chi connectivity index (χ1v) is 11.2. The van der Waals surface area contributed by atoms with Crippen LogP contribution in [0, 0.1) is 0 Å².